The number of halogens is 1. The minimum Gasteiger partial charge on any atom is -0.490 e. The molecular formula is C10H14ClNO4S. The number of hydrogen-bond acceptors (Lipinski definition) is 4. The third-order valence-electron chi connectivity index (χ3n) is 1.90. The quantitative estimate of drug-likeness (QED) is 0.799. The highest BCUT2D eigenvalue weighted by molar-refractivity contribution is 7.89. The topological polar surface area (TPSA) is 78.6 Å². The van der Waals surface area contributed by atoms with E-state index in [0.717, 1.165) is 0 Å². The molecule has 0 fully saturated rings. The summed E-state index contributed by atoms with van der Waals surface area (Å²) in [5, 5.41) is 5.34. The van der Waals surface area contributed by atoms with Gasteiger partial charge >= 0.3 is 0 Å². The summed E-state index contributed by atoms with van der Waals surface area (Å²) in [5.74, 6) is 0.177. The summed E-state index contributed by atoms with van der Waals surface area (Å²) in [6.45, 7) is 3.06. The SMILES string of the molecule is CCOCCOc1ccc(Cl)cc1S(N)(=O)=O. The monoisotopic (exact) mass is 279 g/mol. The lowest BCUT2D eigenvalue weighted by atomic mass is 10.3. The van der Waals surface area contributed by atoms with Gasteiger partial charge in [0.25, 0.3) is 0 Å². The summed E-state index contributed by atoms with van der Waals surface area (Å²) in [4.78, 5) is -0.124. The van der Waals surface area contributed by atoms with Crippen molar-refractivity contribution in [3.05, 3.63) is 23.2 Å². The van der Waals surface area contributed by atoms with E-state index >= 15 is 0 Å². The van der Waals surface area contributed by atoms with E-state index in [1.165, 1.54) is 18.2 Å². The standard InChI is InChI=1S/C10H14ClNO4S/c1-2-15-5-6-16-9-4-3-8(11)7-10(9)17(12,13)14/h3-4,7H,2,5-6H2,1H3,(H2,12,13,14). The number of rotatable bonds is 6. The number of benzene rings is 1. The van der Waals surface area contributed by atoms with Crippen LogP contribution >= 0.6 is 11.6 Å². The number of ether oxygens (including phenoxy) is 2. The summed E-state index contributed by atoms with van der Waals surface area (Å²) in [7, 11) is -3.85. The lowest BCUT2D eigenvalue weighted by Gasteiger charge is -2.10. The lowest BCUT2D eigenvalue weighted by Crippen LogP contribution is -2.15. The molecule has 0 aliphatic heterocycles. The highest BCUT2D eigenvalue weighted by Crippen LogP contribution is 2.26. The Bertz CT molecular complexity index is 475. The van der Waals surface area contributed by atoms with Crippen LogP contribution in [-0.2, 0) is 14.8 Å². The molecule has 7 heteroatoms. The number of primary sulfonamides is 1. The third-order valence-corrected chi connectivity index (χ3v) is 3.07. The normalized spacial score (nSPS) is 11.5. The zero-order chi connectivity index (χ0) is 12.9. The van der Waals surface area contributed by atoms with Crippen LogP contribution in [0.5, 0.6) is 5.75 Å². The number of nitrogens with two attached hydrogens (primary N) is 1. The minimum absolute atomic E-state index is 0.124. The lowest BCUT2D eigenvalue weighted by molar-refractivity contribution is 0.109. The molecule has 1 aromatic carbocycles. The Morgan fingerprint density at radius 3 is 2.65 bits per heavy atom. The molecule has 0 spiro atoms. The first kappa shape index (κ1) is 14.2. The molecule has 1 aromatic rings. The molecule has 0 bridgehead atoms. The van der Waals surface area contributed by atoms with Gasteiger partial charge in [-0.2, -0.15) is 0 Å². The molecule has 0 aliphatic rings. The second-order valence-electron chi connectivity index (χ2n) is 3.18. The Labute approximate surface area is 106 Å². The maximum Gasteiger partial charge on any atom is 0.241 e. The molecular weight excluding hydrogens is 266 g/mol. The van der Waals surface area contributed by atoms with Gasteiger partial charge in [0.1, 0.15) is 17.3 Å². The Kier molecular flexibility index (Phi) is 5.20. The van der Waals surface area contributed by atoms with Crippen LogP contribution in [0.25, 0.3) is 0 Å². The van der Waals surface area contributed by atoms with E-state index in [0.29, 0.717) is 13.2 Å². The van der Waals surface area contributed by atoms with E-state index in [2.05, 4.69) is 0 Å². The van der Waals surface area contributed by atoms with Crippen LogP contribution in [0.1, 0.15) is 6.92 Å². The van der Waals surface area contributed by atoms with Gasteiger partial charge in [-0.1, -0.05) is 11.6 Å². The van der Waals surface area contributed by atoms with Crippen molar-refractivity contribution in [2.75, 3.05) is 19.8 Å². The molecule has 0 heterocycles. The highest BCUT2D eigenvalue weighted by atomic mass is 35.5. The smallest absolute Gasteiger partial charge is 0.241 e. The fourth-order valence-electron chi connectivity index (χ4n) is 1.18. The second-order valence-corrected chi connectivity index (χ2v) is 5.15. The van der Waals surface area contributed by atoms with E-state index in [1.807, 2.05) is 6.92 Å². The molecule has 0 saturated heterocycles. The van der Waals surface area contributed by atoms with Gasteiger partial charge in [-0.25, -0.2) is 13.6 Å². The van der Waals surface area contributed by atoms with Crippen molar-refractivity contribution in [2.24, 2.45) is 5.14 Å². The molecule has 0 radical (unpaired) electrons. The van der Waals surface area contributed by atoms with E-state index in [4.69, 9.17) is 26.2 Å². The van der Waals surface area contributed by atoms with Crippen molar-refractivity contribution in [3.8, 4) is 5.75 Å². The summed E-state index contributed by atoms with van der Waals surface area (Å²) >= 11 is 5.71. The molecule has 2 N–H and O–H groups in total. The summed E-state index contributed by atoms with van der Waals surface area (Å²) < 4.78 is 33.0. The average Bonchev–Trinajstić information content (AvgIpc) is 2.25. The Balaban J connectivity index is 2.84. The van der Waals surface area contributed by atoms with Gasteiger partial charge in [0.05, 0.1) is 6.61 Å². The maximum atomic E-state index is 11.3. The Hall–Kier alpha value is -0.820. The molecule has 0 aliphatic carbocycles. The minimum atomic E-state index is -3.85. The van der Waals surface area contributed by atoms with Gasteiger partial charge in [0.15, 0.2) is 0 Å². The van der Waals surface area contributed by atoms with Gasteiger partial charge in [-0.05, 0) is 25.1 Å². The van der Waals surface area contributed by atoms with Crippen molar-refractivity contribution < 1.29 is 17.9 Å². The van der Waals surface area contributed by atoms with Crippen molar-refractivity contribution in [2.45, 2.75) is 11.8 Å². The molecule has 0 amide bonds. The zero-order valence-electron chi connectivity index (χ0n) is 9.35. The first-order chi connectivity index (χ1) is 7.95. The van der Waals surface area contributed by atoms with Crippen LogP contribution in [0, 0.1) is 0 Å². The van der Waals surface area contributed by atoms with E-state index in [-0.39, 0.29) is 22.3 Å². The van der Waals surface area contributed by atoms with Crippen LogP contribution in [-0.4, -0.2) is 28.2 Å². The number of hydrogen-bond donors (Lipinski definition) is 1. The van der Waals surface area contributed by atoms with E-state index in [9.17, 15) is 8.42 Å². The molecule has 1 rings (SSSR count). The van der Waals surface area contributed by atoms with Crippen molar-refractivity contribution in [1.82, 2.24) is 0 Å². The number of sulfonamides is 1. The molecule has 5 nitrogen and oxygen atoms in total. The predicted octanol–water partition coefficient (Wildman–Crippen LogP) is 1.40. The van der Waals surface area contributed by atoms with Crippen LogP contribution in [0.2, 0.25) is 5.02 Å². The van der Waals surface area contributed by atoms with E-state index in [1.54, 1.807) is 0 Å². The zero-order valence-corrected chi connectivity index (χ0v) is 10.9. The van der Waals surface area contributed by atoms with Crippen molar-refractivity contribution >= 4 is 21.6 Å². The molecule has 0 atom stereocenters. The van der Waals surface area contributed by atoms with Crippen LogP contribution < -0.4 is 9.88 Å². The molecule has 0 unspecified atom stereocenters. The average molecular weight is 280 g/mol. The van der Waals surface area contributed by atoms with Crippen LogP contribution in [0.4, 0.5) is 0 Å². The van der Waals surface area contributed by atoms with Gasteiger partial charge in [-0.15, -0.1) is 0 Å². The second kappa shape index (κ2) is 6.20. The predicted molar refractivity (Wildman–Crippen MR) is 64.8 cm³/mol. The molecule has 96 valence electrons. The van der Waals surface area contributed by atoms with Gasteiger partial charge < -0.3 is 9.47 Å². The fraction of sp³-hybridized carbons (Fsp3) is 0.400. The first-order valence-electron chi connectivity index (χ1n) is 4.98. The molecule has 0 saturated carbocycles. The van der Waals surface area contributed by atoms with E-state index < -0.39 is 10.0 Å². The fourth-order valence-corrected chi connectivity index (χ4v) is 2.11. The summed E-state index contributed by atoms with van der Waals surface area (Å²) in [6.07, 6.45) is 0. The molecule has 0 aromatic heterocycles. The first-order valence-corrected chi connectivity index (χ1v) is 6.90. The molecule has 17 heavy (non-hydrogen) atoms. The summed E-state index contributed by atoms with van der Waals surface area (Å²) in [5.41, 5.74) is 0. The van der Waals surface area contributed by atoms with Crippen molar-refractivity contribution in [1.29, 1.82) is 0 Å². The largest absolute Gasteiger partial charge is 0.490 e. The van der Waals surface area contributed by atoms with Gasteiger partial charge in [0.2, 0.25) is 10.0 Å². The van der Waals surface area contributed by atoms with Crippen LogP contribution in [0.3, 0.4) is 0 Å². The Morgan fingerprint density at radius 1 is 1.35 bits per heavy atom. The summed E-state index contributed by atoms with van der Waals surface area (Å²) in [6, 6.07) is 4.26. The third kappa shape index (κ3) is 4.51. The Morgan fingerprint density at radius 2 is 2.06 bits per heavy atom. The van der Waals surface area contributed by atoms with Crippen molar-refractivity contribution in [3.63, 3.8) is 0 Å². The highest BCUT2D eigenvalue weighted by Gasteiger charge is 2.15. The van der Waals surface area contributed by atoms with Gasteiger partial charge in [-0.3, -0.25) is 0 Å². The van der Waals surface area contributed by atoms with Crippen LogP contribution in [0.15, 0.2) is 23.1 Å². The maximum absolute atomic E-state index is 11.3. The van der Waals surface area contributed by atoms with Gasteiger partial charge in [0, 0.05) is 11.6 Å².